The lowest BCUT2D eigenvalue weighted by atomic mass is 10.3. The Bertz CT molecular complexity index is 310. The van der Waals surface area contributed by atoms with Gasteiger partial charge >= 0.3 is 5.97 Å². The maximum Gasteiger partial charge on any atom is 0.308 e. The highest BCUT2D eigenvalue weighted by atomic mass is 79.9. The molecule has 1 rings (SSSR count). The van der Waals surface area contributed by atoms with E-state index in [2.05, 4.69) is 31.9 Å². The van der Waals surface area contributed by atoms with E-state index < -0.39 is 0 Å². The van der Waals surface area contributed by atoms with E-state index in [1.54, 1.807) is 12.1 Å². The summed E-state index contributed by atoms with van der Waals surface area (Å²) in [5, 5.41) is 0. The number of carbonyl (C=O) groups excluding carboxylic acids is 1. The molecule has 0 spiro atoms. The zero-order valence-corrected chi connectivity index (χ0v) is 9.48. The SMILES string of the molecule is CC(=O)Oc1cccc(Br)c1Br. The molecule has 0 N–H and O–H groups in total. The molecule has 4 heteroatoms. The average Bonchev–Trinajstić information content (AvgIpc) is 1.98. The van der Waals surface area contributed by atoms with E-state index >= 15 is 0 Å². The van der Waals surface area contributed by atoms with E-state index in [-0.39, 0.29) is 5.97 Å². The fourth-order valence-electron chi connectivity index (χ4n) is 0.718. The quantitative estimate of drug-likeness (QED) is 0.587. The van der Waals surface area contributed by atoms with Crippen molar-refractivity contribution >= 4 is 37.8 Å². The van der Waals surface area contributed by atoms with Gasteiger partial charge in [-0.3, -0.25) is 4.79 Å². The van der Waals surface area contributed by atoms with Crippen molar-refractivity contribution in [1.29, 1.82) is 0 Å². The second-order valence-corrected chi connectivity index (χ2v) is 3.79. The Balaban J connectivity index is 3.00. The van der Waals surface area contributed by atoms with Crippen molar-refractivity contribution in [3.8, 4) is 5.75 Å². The van der Waals surface area contributed by atoms with E-state index in [0.29, 0.717) is 5.75 Å². The van der Waals surface area contributed by atoms with E-state index in [1.807, 2.05) is 6.07 Å². The van der Waals surface area contributed by atoms with Gasteiger partial charge in [-0.15, -0.1) is 0 Å². The van der Waals surface area contributed by atoms with Crippen LogP contribution >= 0.6 is 31.9 Å². The second kappa shape index (κ2) is 4.05. The zero-order valence-electron chi connectivity index (χ0n) is 6.30. The molecule has 0 saturated heterocycles. The van der Waals surface area contributed by atoms with Gasteiger partial charge < -0.3 is 4.74 Å². The molecule has 0 fully saturated rings. The van der Waals surface area contributed by atoms with Gasteiger partial charge in [-0.05, 0) is 44.0 Å². The second-order valence-electron chi connectivity index (χ2n) is 2.15. The average molecular weight is 294 g/mol. The van der Waals surface area contributed by atoms with Gasteiger partial charge in [-0.1, -0.05) is 6.07 Å². The molecule has 0 radical (unpaired) electrons. The molecule has 1 aromatic rings. The number of benzene rings is 1. The van der Waals surface area contributed by atoms with Crippen molar-refractivity contribution in [2.75, 3.05) is 0 Å². The Morgan fingerprint density at radius 1 is 1.42 bits per heavy atom. The summed E-state index contributed by atoms with van der Waals surface area (Å²) in [5.74, 6) is 0.200. The van der Waals surface area contributed by atoms with Gasteiger partial charge in [0.15, 0.2) is 0 Å². The molecule has 0 aromatic heterocycles. The van der Waals surface area contributed by atoms with Crippen molar-refractivity contribution in [1.82, 2.24) is 0 Å². The third kappa shape index (κ3) is 2.32. The molecule has 12 heavy (non-hydrogen) atoms. The molecule has 0 bridgehead atoms. The Kier molecular flexibility index (Phi) is 3.29. The molecule has 2 nitrogen and oxygen atoms in total. The Labute approximate surface area is 87.2 Å². The number of hydrogen-bond donors (Lipinski definition) is 0. The van der Waals surface area contributed by atoms with E-state index in [9.17, 15) is 4.79 Å². The molecule has 1 aromatic carbocycles. The standard InChI is InChI=1S/C8H6Br2O2/c1-5(11)12-7-4-2-3-6(9)8(7)10/h2-4H,1H3. The van der Waals surface area contributed by atoms with Crippen LogP contribution in [-0.4, -0.2) is 5.97 Å². The van der Waals surface area contributed by atoms with E-state index in [4.69, 9.17) is 4.74 Å². The highest BCUT2D eigenvalue weighted by Crippen LogP contribution is 2.32. The Hall–Kier alpha value is -0.350. The smallest absolute Gasteiger partial charge is 0.308 e. The molecule has 0 aliphatic heterocycles. The molecule has 0 unspecified atom stereocenters. The number of hydrogen-bond acceptors (Lipinski definition) is 2. The van der Waals surface area contributed by atoms with Crippen molar-refractivity contribution in [3.05, 3.63) is 27.1 Å². The minimum atomic E-state index is -0.325. The van der Waals surface area contributed by atoms with Gasteiger partial charge in [0.2, 0.25) is 0 Å². The first-order chi connectivity index (χ1) is 5.61. The lowest BCUT2D eigenvalue weighted by molar-refractivity contribution is -0.131. The maximum atomic E-state index is 10.6. The summed E-state index contributed by atoms with van der Waals surface area (Å²) in [6.07, 6.45) is 0. The van der Waals surface area contributed by atoms with Crippen molar-refractivity contribution < 1.29 is 9.53 Å². The third-order valence-electron chi connectivity index (χ3n) is 1.17. The van der Waals surface area contributed by atoms with Gasteiger partial charge in [0.25, 0.3) is 0 Å². The summed E-state index contributed by atoms with van der Waals surface area (Å²) in [6.45, 7) is 1.37. The number of carbonyl (C=O) groups is 1. The lowest BCUT2D eigenvalue weighted by Gasteiger charge is -2.04. The molecule has 64 valence electrons. The Morgan fingerprint density at radius 2 is 2.08 bits per heavy atom. The Morgan fingerprint density at radius 3 is 2.67 bits per heavy atom. The van der Waals surface area contributed by atoms with Gasteiger partial charge in [-0.2, -0.15) is 0 Å². The first-order valence-corrected chi connectivity index (χ1v) is 4.82. The van der Waals surface area contributed by atoms with E-state index in [1.165, 1.54) is 6.92 Å². The van der Waals surface area contributed by atoms with Gasteiger partial charge in [0, 0.05) is 11.4 Å². The van der Waals surface area contributed by atoms with Gasteiger partial charge in [0.05, 0.1) is 4.47 Å². The summed E-state index contributed by atoms with van der Waals surface area (Å²) in [6, 6.07) is 5.38. The predicted molar refractivity (Wildman–Crippen MR) is 53.2 cm³/mol. The topological polar surface area (TPSA) is 26.3 Å². The third-order valence-corrected chi connectivity index (χ3v) is 3.18. The summed E-state index contributed by atoms with van der Waals surface area (Å²) in [7, 11) is 0. The highest BCUT2D eigenvalue weighted by molar-refractivity contribution is 9.13. The van der Waals surface area contributed by atoms with Crippen LogP contribution in [0, 0.1) is 0 Å². The van der Waals surface area contributed by atoms with Crippen LogP contribution in [0.15, 0.2) is 27.1 Å². The maximum absolute atomic E-state index is 10.6. The number of halogens is 2. The van der Waals surface area contributed by atoms with Gasteiger partial charge in [-0.25, -0.2) is 0 Å². The molecule has 0 aliphatic carbocycles. The van der Waals surface area contributed by atoms with Crippen molar-refractivity contribution in [3.63, 3.8) is 0 Å². The van der Waals surface area contributed by atoms with Crippen LogP contribution in [0.1, 0.15) is 6.92 Å². The van der Waals surface area contributed by atoms with Crippen molar-refractivity contribution in [2.45, 2.75) is 6.92 Å². The largest absolute Gasteiger partial charge is 0.425 e. The van der Waals surface area contributed by atoms with Crippen LogP contribution in [-0.2, 0) is 4.79 Å². The minimum absolute atomic E-state index is 0.325. The monoisotopic (exact) mass is 292 g/mol. The fourth-order valence-corrected chi connectivity index (χ4v) is 1.41. The van der Waals surface area contributed by atoms with Crippen LogP contribution < -0.4 is 4.74 Å². The zero-order chi connectivity index (χ0) is 9.14. The molecule has 0 heterocycles. The van der Waals surface area contributed by atoms with Crippen LogP contribution in [0.25, 0.3) is 0 Å². The minimum Gasteiger partial charge on any atom is -0.425 e. The summed E-state index contributed by atoms with van der Waals surface area (Å²) in [5.41, 5.74) is 0. The molecular formula is C8H6Br2O2. The predicted octanol–water partition coefficient (Wildman–Crippen LogP) is 3.14. The molecule has 0 aliphatic rings. The first-order valence-electron chi connectivity index (χ1n) is 3.23. The molecule has 0 amide bonds. The molecule has 0 saturated carbocycles. The summed E-state index contributed by atoms with van der Waals surface area (Å²) >= 11 is 6.58. The summed E-state index contributed by atoms with van der Waals surface area (Å²) < 4.78 is 6.52. The molecule has 0 atom stereocenters. The van der Waals surface area contributed by atoms with Crippen LogP contribution in [0.5, 0.6) is 5.75 Å². The first kappa shape index (κ1) is 9.74. The number of rotatable bonds is 1. The molecular weight excluding hydrogens is 288 g/mol. The van der Waals surface area contributed by atoms with Gasteiger partial charge in [0.1, 0.15) is 5.75 Å². The number of ether oxygens (including phenoxy) is 1. The van der Waals surface area contributed by atoms with Crippen LogP contribution in [0.4, 0.5) is 0 Å². The van der Waals surface area contributed by atoms with Crippen LogP contribution in [0.3, 0.4) is 0 Å². The summed E-state index contributed by atoms with van der Waals surface area (Å²) in [4.78, 5) is 10.6. The van der Waals surface area contributed by atoms with Crippen molar-refractivity contribution in [2.24, 2.45) is 0 Å². The lowest BCUT2D eigenvalue weighted by Crippen LogP contribution is -2.01. The highest BCUT2D eigenvalue weighted by Gasteiger charge is 2.05. The fraction of sp³-hybridized carbons (Fsp3) is 0.125. The number of esters is 1. The normalized spacial score (nSPS) is 9.58. The van der Waals surface area contributed by atoms with E-state index in [0.717, 1.165) is 8.95 Å². The van der Waals surface area contributed by atoms with Crippen LogP contribution in [0.2, 0.25) is 0 Å².